The molecule has 0 radical (unpaired) electrons. The van der Waals surface area contributed by atoms with Crippen LogP contribution in [0.5, 0.6) is 23.0 Å². The van der Waals surface area contributed by atoms with Crippen molar-refractivity contribution in [1.82, 2.24) is 4.44 Å². The van der Waals surface area contributed by atoms with Gasteiger partial charge in [-0.2, -0.15) is 0 Å². The van der Waals surface area contributed by atoms with Gasteiger partial charge in [-0.1, -0.05) is 77.2 Å². The molecule has 10 heteroatoms. The van der Waals surface area contributed by atoms with Gasteiger partial charge in [0.25, 0.3) is 0 Å². The summed E-state index contributed by atoms with van der Waals surface area (Å²) in [6.45, 7) is -0.228. The van der Waals surface area contributed by atoms with Gasteiger partial charge in [0.2, 0.25) is 0 Å². The lowest BCUT2D eigenvalue weighted by Crippen LogP contribution is -2.32. The zero-order valence-electron chi connectivity index (χ0n) is 19.3. The van der Waals surface area contributed by atoms with Crippen LogP contribution in [0.3, 0.4) is 0 Å². The molecule has 186 valence electrons. The Kier molecular flexibility index (Phi) is 8.47. The summed E-state index contributed by atoms with van der Waals surface area (Å²) in [4.78, 5) is 0. The third kappa shape index (κ3) is 6.56. The van der Waals surface area contributed by atoms with E-state index in [9.17, 15) is 9.13 Å². The Hall–Kier alpha value is -3.54. The topological polar surface area (TPSA) is 100 Å². The summed E-state index contributed by atoms with van der Waals surface area (Å²) in [6, 6.07) is 33.8. The van der Waals surface area contributed by atoms with Gasteiger partial charge in [0, 0.05) is 13.1 Å². The summed E-state index contributed by atoms with van der Waals surface area (Å²) in [7, 11) is -8.89. The Bertz CT molecular complexity index is 1120. The lowest BCUT2D eigenvalue weighted by Gasteiger charge is -2.33. The maximum atomic E-state index is 14.6. The average Bonchev–Trinajstić information content (AvgIpc) is 2.89. The molecule has 0 fully saturated rings. The first-order chi connectivity index (χ1) is 17.5. The van der Waals surface area contributed by atoms with Crippen LogP contribution >= 0.6 is 15.5 Å². The second kappa shape index (κ2) is 11.9. The summed E-state index contributed by atoms with van der Waals surface area (Å²) in [5, 5.41) is 0. The molecule has 0 bridgehead atoms. The number of para-hydroxylation sites is 4. The van der Waals surface area contributed by atoms with Crippen molar-refractivity contribution in [3.05, 3.63) is 121 Å². The SMILES string of the molecule is NCCN(P(=O)(Oc1ccccc1)Oc1ccccc1)P(=O)(Oc1ccccc1)Oc1ccccc1. The second-order valence-corrected chi connectivity index (χ2v) is 11.3. The minimum atomic E-state index is -4.45. The highest BCUT2D eigenvalue weighted by molar-refractivity contribution is 7.67. The molecular formula is C26H26N2O6P2. The van der Waals surface area contributed by atoms with E-state index in [4.69, 9.17) is 23.8 Å². The summed E-state index contributed by atoms with van der Waals surface area (Å²) >= 11 is 0. The molecule has 0 aromatic heterocycles. The zero-order chi connectivity index (χ0) is 25.3. The highest BCUT2D eigenvalue weighted by Gasteiger charge is 2.53. The predicted octanol–water partition coefficient (Wildman–Crippen LogP) is 6.78. The lowest BCUT2D eigenvalue weighted by molar-refractivity contribution is 0.287. The molecule has 0 spiro atoms. The van der Waals surface area contributed by atoms with E-state index >= 15 is 0 Å². The zero-order valence-corrected chi connectivity index (χ0v) is 21.1. The number of rotatable bonds is 12. The minimum absolute atomic E-state index is 0.0411. The van der Waals surface area contributed by atoms with Crippen molar-refractivity contribution in [3.8, 4) is 23.0 Å². The van der Waals surface area contributed by atoms with E-state index in [0.717, 1.165) is 4.44 Å². The van der Waals surface area contributed by atoms with Crippen molar-refractivity contribution < 1.29 is 27.2 Å². The highest BCUT2D eigenvalue weighted by Crippen LogP contribution is 2.67. The average molecular weight is 524 g/mol. The van der Waals surface area contributed by atoms with Crippen LogP contribution < -0.4 is 23.8 Å². The smallest absolute Gasteiger partial charge is 0.404 e. The summed E-state index contributed by atoms with van der Waals surface area (Å²) in [5.41, 5.74) is 5.89. The van der Waals surface area contributed by atoms with Gasteiger partial charge in [-0.05, 0) is 48.5 Å². The molecule has 4 aromatic rings. The van der Waals surface area contributed by atoms with Gasteiger partial charge in [-0.15, -0.1) is 0 Å². The molecule has 0 aliphatic heterocycles. The highest BCUT2D eigenvalue weighted by atomic mass is 31.3. The maximum absolute atomic E-state index is 14.6. The molecule has 4 rings (SSSR count). The maximum Gasteiger partial charge on any atom is 0.526 e. The Balaban J connectivity index is 1.82. The van der Waals surface area contributed by atoms with Crippen molar-refractivity contribution in [1.29, 1.82) is 0 Å². The normalized spacial score (nSPS) is 11.6. The van der Waals surface area contributed by atoms with Gasteiger partial charge in [0.15, 0.2) is 0 Å². The summed E-state index contributed by atoms with van der Waals surface area (Å²) in [5.74, 6) is 0.962. The van der Waals surface area contributed by atoms with Gasteiger partial charge in [-0.3, -0.25) is 0 Å². The standard InChI is InChI=1S/C26H26N2O6P2/c27-21-22-28(35(29,31-23-13-5-1-6-14-23)32-24-15-7-2-8-16-24)36(30,33-25-17-9-3-10-18-25)34-26-19-11-4-12-20-26/h1-20H,21-22,27H2. The van der Waals surface area contributed by atoms with Crippen molar-refractivity contribution in [2.24, 2.45) is 5.73 Å². The monoisotopic (exact) mass is 524 g/mol. The number of nitrogens with two attached hydrogens (primary N) is 1. The Morgan fingerprint density at radius 2 is 0.750 bits per heavy atom. The fourth-order valence-electron chi connectivity index (χ4n) is 3.18. The molecule has 0 aliphatic rings. The van der Waals surface area contributed by atoms with Crippen LogP contribution in [-0.4, -0.2) is 17.5 Å². The first-order valence-corrected chi connectivity index (χ1v) is 14.2. The third-order valence-corrected chi connectivity index (χ3v) is 9.36. The molecule has 4 aromatic carbocycles. The van der Waals surface area contributed by atoms with Crippen LogP contribution in [0.4, 0.5) is 0 Å². The Labute approximate surface area is 210 Å². The Morgan fingerprint density at radius 1 is 0.500 bits per heavy atom. The molecule has 0 aliphatic carbocycles. The minimum Gasteiger partial charge on any atom is -0.404 e. The van der Waals surface area contributed by atoms with E-state index in [2.05, 4.69) is 0 Å². The number of benzene rings is 4. The number of nitrogens with zero attached hydrogens (tertiary/aromatic N) is 1. The molecule has 0 amide bonds. The van der Waals surface area contributed by atoms with Crippen molar-refractivity contribution in [3.63, 3.8) is 0 Å². The lowest BCUT2D eigenvalue weighted by atomic mass is 10.3. The van der Waals surface area contributed by atoms with Gasteiger partial charge < -0.3 is 23.8 Å². The van der Waals surface area contributed by atoms with Crippen LogP contribution in [0.15, 0.2) is 121 Å². The van der Waals surface area contributed by atoms with E-state index in [1.54, 1.807) is 121 Å². The summed E-state index contributed by atoms with van der Waals surface area (Å²) in [6.07, 6.45) is 0. The molecule has 0 unspecified atom stereocenters. The molecule has 0 atom stereocenters. The van der Waals surface area contributed by atoms with Gasteiger partial charge in [0.05, 0.1) is 0 Å². The third-order valence-electron chi connectivity index (χ3n) is 4.75. The predicted molar refractivity (Wildman–Crippen MR) is 139 cm³/mol. The fraction of sp³-hybridized carbons (Fsp3) is 0.0769. The van der Waals surface area contributed by atoms with Crippen LogP contribution in [-0.2, 0) is 9.13 Å². The van der Waals surface area contributed by atoms with E-state index < -0.39 is 15.5 Å². The molecule has 2 N–H and O–H groups in total. The van der Waals surface area contributed by atoms with Gasteiger partial charge in [-0.25, -0.2) is 9.13 Å². The molecule has 0 saturated carbocycles. The van der Waals surface area contributed by atoms with Crippen molar-refractivity contribution in [2.45, 2.75) is 0 Å². The summed E-state index contributed by atoms with van der Waals surface area (Å²) < 4.78 is 53.7. The fourth-order valence-corrected chi connectivity index (χ4v) is 7.41. The molecule has 8 nitrogen and oxygen atoms in total. The number of hydrogen-bond acceptors (Lipinski definition) is 7. The van der Waals surface area contributed by atoms with Crippen LogP contribution in [0.2, 0.25) is 0 Å². The molecule has 0 heterocycles. The first kappa shape index (κ1) is 25.5. The van der Waals surface area contributed by atoms with Crippen LogP contribution in [0.1, 0.15) is 0 Å². The van der Waals surface area contributed by atoms with E-state index in [-0.39, 0.29) is 36.1 Å². The van der Waals surface area contributed by atoms with Crippen molar-refractivity contribution in [2.75, 3.05) is 13.1 Å². The van der Waals surface area contributed by atoms with Gasteiger partial charge >= 0.3 is 15.5 Å². The Morgan fingerprint density at radius 3 is 0.972 bits per heavy atom. The molecule has 36 heavy (non-hydrogen) atoms. The van der Waals surface area contributed by atoms with E-state index in [1.807, 2.05) is 0 Å². The number of hydrogen-bond donors (Lipinski definition) is 1. The van der Waals surface area contributed by atoms with E-state index in [1.165, 1.54) is 0 Å². The first-order valence-electron chi connectivity index (χ1n) is 11.2. The quantitative estimate of drug-likeness (QED) is 0.203. The molecular weight excluding hydrogens is 498 g/mol. The second-order valence-electron chi connectivity index (χ2n) is 7.44. The van der Waals surface area contributed by atoms with E-state index in [0.29, 0.717) is 0 Å². The van der Waals surface area contributed by atoms with Crippen molar-refractivity contribution >= 4 is 15.5 Å². The molecule has 0 saturated heterocycles. The van der Waals surface area contributed by atoms with Gasteiger partial charge in [0.1, 0.15) is 23.0 Å². The van der Waals surface area contributed by atoms with Crippen LogP contribution in [0.25, 0.3) is 0 Å². The largest absolute Gasteiger partial charge is 0.526 e. The van der Waals surface area contributed by atoms with Crippen LogP contribution in [0, 0.1) is 0 Å².